The van der Waals surface area contributed by atoms with Crippen LogP contribution >= 0.6 is 0 Å². The van der Waals surface area contributed by atoms with Crippen molar-refractivity contribution in [2.45, 2.75) is 13.5 Å². The first-order valence-corrected chi connectivity index (χ1v) is 7.58. The maximum Gasteiger partial charge on any atom is 0.270 e. The molecule has 0 radical (unpaired) electrons. The number of aromatic nitrogens is 5. The Morgan fingerprint density at radius 1 is 1.20 bits per heavy atom. The molecule has 0 unspecified atom stereocenters. The zero-order valence-electron chi connectivity index (χ0n) is 13.2. The molecule has 2 aromatic carbocycles. The van der Waals surface area contributed by atoms with E-state index in [0.29, 0.717) is 11.4 Å². The van der Waals surface area contributed by atoms with Crippen molar-refractivity contribution in [3.8, 4) is 22.8 Å². The summed E-state index contributed by atoms with van der Waals surface area (Å²) >= 11 is 0. The molecule has 0 saturated heterocycles. The number of nitro benzene ring substituents is 1. The number of benzene rings is 2. The third-order valence-corrected chi connectivity index (χ3v) is 3.80. The highest BCUT2D eigenvalue weighted by molar-refractivity contribution is 5.80. The zero-order valence-corrected chi connectivity index (χ0v) is 13.2. The third kappa shape index (κ3) is 2.61. The molecule has 0 spiro atoms. The standard InChI is InChI=1S/C16H12N6O3/c1-2-21-14-7-6-10(9-13(14)18-20-21)15-17-16(25-19-15)11-4-3-5-12(8-11)22(23)24/h3-9H,2H2,1H3. The van der Waals surface area contributed by atoms with E-state index in [1.165, 1.54) is 12.1 Å². The van der Waals surface area contributed by atoms with E-state index in [-0.39, 0.29) is 11.6 Å². The average molecular weight is 336 g/mol. The van der Waals surface area contributed by atoms with E-state index in [1.807, 2.05) is 25.1 Å². The molecule has 2 aromatic heterocycles. The van der Waals surface area contributed by atoms with Crippen LogP contribution in [0.15, 0.2) is 47.0 Å². The van der Waals surface area contributed by atoms with Gasteiger partial charge in [0.05, 0.1) is 10.4 Å². The molecule has 0 saturated carbocycles. The Labute approximate surface area is 141 Å². The van der Waals surface area contributed by atoms with Crippen LogP contribution in [-0.4, -0.2) is 30.1 Å². The van der Waals surface area contributed by atoms with E-state index >= 15 is 0 Å². The Bertz CT molecular complexity index is 1080. The Morgan fingerprint density at radius 2 is 2.08 bits per heavy atom. The van der Waals surface area contributed by atoms with Crippen molar-refractivity contribution in [2.24, 2.45) is 0 Å². The van der Waals surface area contributed by atoms with Gasteiger partial charge in [-0.1, -0.05) is 16.4 Å². The quantitative estimate of drug-likeness (QED) is 0.415. The molecule has 9 nitrogen and oxygen atoms in total. The molecule has 0 N–H and O–H groups in total. The smallest absolute Gasteiger partial charge is 0.270 e. The fraction of sp³-hybridized carbons (Fsp3) is 0.125. The van der Waals surface area contributed by atoms with Gasteiger partial charge >= 0.3 is 0 Å². The molecule has 0 aliphatic carbocycles. The second kappa shape index (κ2) is 5.78. The van der Waals surface area contributed by atoms with Crippen LogP contribution in [-0.2, 0) is 6.54 Å². The monoisotopic (exact) mass is 336 g/mol. The number of hydrogen-bond acceptors (Lipinski definition) is 7. The van der Waals surface area contributed by atoms with Crippen molar-refractivity contribution in [3.05, 3.63) is 52.6 Å². The molecule has 9 heteroatoms. The van der Waals surface area contributed by atoms with Crippen LogP contribution in [0.1, 0.15) is 6.92 Å². The van der Waals surface area contributed by atoms with E-state index in [2.05, 4.69) is 20.5 Å². The minimum atomic E-state index is -0.467. The number of nitrogens with zero attached hydrogens (tertiary/aromatic N) is 6. The second-order valence-electron chi connectivity index (χ2n) is 5.34. The topological polar surface area (TPSA) is 113 Å². The predicted octanol–water partition coefficient (Wildman–Crippen LogP) is 3.08. The van der Waals surface area contributed by atoms with E-state index in [4.69, 9.17) is 4.52 Å². The number of fused-ring (bicyclic) bond motifs is 1. The molecular weight excluding hydrogens is 324 g/mol. The SMILES string of the molecule is CCn1nnc2cc(-c3noc(-c4cccc([N+](=O)[O-])c4)n3)ccc21. The molecule has 2 heterocycles. The summed E-state index contributed by atoms with van der Waals surface area (Å²) in [5.41, 5.74) is 2.85. The lowest BCUT2D eigenvalue weighted by atomic mass is 10.2. The fourth-order valence-corrected chi connectivity index (χ4v) is 2.56. The zero-order chi connectivity index (χ0) is 17.4. The van der Waals surface area contributed by atoms with Gasteiger partial charge in [0.1, 0.15) is 5.52 Å². The Balaban J connectivity index is 1.71. The number of nitro groups is 1. The van der Waals surface area contributed by atoms with E-state index in [0.717, 1.165) is 23.1 Å². The van der Waals surface area contributed by atoms with Crippen LogP contribution < -0.4 is 0 Å². The van der Waals surface area contributed by atoms with E-state index in [9.17, 15) is 10.1 Å². The van der Waals surface area contributed by atoms with Gasteiger partial charge in [0.2, 0.25) is 5.82 Å². The molecule has 0 aliphatic rings. The first kappa shape index (κ1) is 14.9. The lowest BCUT2D eigenvalue weighted by Crippen LogP contribution is -1.95. The maximum atomic E-state index is 10.9. The van der Waals surface area contributed by atoms with Crippen LogP contribution in [0.4, 0.5) is 5.69 Å². The Hall–Kier alpha value is -3.62. The Kier molecular flexibility index (Phi) is 3.46. The maximum absolute atomic E-state index is 10.9. The minimum absolute atomic E-state index is 0.0325. The van der Waals surface area contributed by atoms with Crippen molar-refractivity contribution in [1.82, 2.24) is 25.1 Å². The fourth-order valence-electron chi connectivity index (χ4n) is 2.56. The summed E-state index contributed by atoms with van der Waals surface area (Å²) in [4.78, 5) is 14.7. The third-order valence-electron chi connectivity index (χ3n) is 3.80. The molecule has 0 amide bonds. The minimum Gasteiger partial charge on any atom is -0.334 e. The van der Waals surface area contributed by atoms with E-state index in [1.54, 1.807) is 16.8 Å². The van der Waals surface area contributed by atoms with Crippen molar-refractivity contribution >= 4 is 16.7 Å². The number of non-ortho nitro benzene ring substituents is 1. The molecule has 25 heavy (non-hydrogen) atoms. The molecule has 0 atom stereocenters. The van der Waals surface area contributed by atoms with Gasteiger partial charge < -0.3 is 4.52 Å². The van der Waals surface area contributed by atoms with Crippen LogP contribution in [0.5, 0.6) is 0 Å². The first-order chi connectivity index (χ1) is 12.2. The summed E-state index contributed by atoms with van der Waals surface area (Å²) < 4.78 is 7.05. The second-order valence-corrected chi connectivity index (χ2v) is 5.34. The molecule has 124 valence electrons. The number of rotatable bonds is 4. The van der Waals surface area contributed by atoms with Crippen LogP contribution in [0, 0.1) is 10.1 Å². The van der Waals surface area contributed by atoms with Gasteiger partial charge in [-0.2, -0.15) is 4.98 Å². The average Bonchev–Trinajstić information content (AvgIpc) is 3.28. The summed E-state index contributed by atoms with van der Waals surface area (Å²) in [6.45, 7) is 2.72. The van der Waals surface area contributed by atoms with Gasteiger partial charge in [-0.05, 0) is 31.2 Å². The molecule has 4 rings (SSSR count). The van der Waals surface area contributed by atoms with Crippen molar-refractivity contribution < 1.29 is 9.45 Å². The van der Waals surface area contributed by atoms with Crippen molar-refractivity contribution in [2.75, 3.05) is 0 Å². The van der Waals surface area contributed by atoms with Crippen LogP contribution in [0.25, 0.3) is 33.9 Å². The van der Waals surface area contributed by atoms with Gasteiger partial charge in [0.25, 0.3) is 11.6 Å². The summed E-state index contributed by atoms with van der Waals surface area (Å²) in [6, 6.07) is 11.7. The van der Waals surface area contributed by atoms with Gasteiger partial charge in [-0.25, -0.2) is 4.68 Å². The highest BCUT2D eigenvalue weighted by Gasteiger charge is 2.15. The van der Waals surface area contributed by atoms with Crippen LogP contribution in [0.2, 0.25) is 0 Å². The number of hydrogen-bond donors (Lipinski definition) is 0. The molecular formula is C16H12N6O3. The number of aryl methyl sites for hydroxylation is 1. The van der Waals surface area contributed by atoms with Crippen LogP contribution in [0.3, 0.4) is 0 Å². The summed E-state index contributed by atoms with van der Waals surface area (Å²) in [6.07, 6.45) is 0. The summed E-state index contributed by atoms with van der Waals surface area (Å²) in [5.74, 6) is 0.602. The van der Waals surface area contributed by atoms with Gasteiger partial charge in [0.15, 0.2) is 0 Å². The molecule has 0 aliphatic heterocycles. The largest absolute Gasteiger partial charge is 0.334 e. The summed E-state index contributed by atoms with van der Waals surface area (Å²) in [5, 5.41) is 23.0. The molecule has 0 bridgehead atoms. The van der Waals surface area contributed by atoms with E-state index < -0.39 is 4.92 Å². The normalized spacial score (nSPS) is 11.1. The van der Waals surface area contributed by atoms with Crippen molar-refractivity contribution in [3.63, 3.8) is 0 Å². The predicted molar refractivity (Wildman–Crippen MR) is 88.6 cm³/mol. The van der Waals surface area contributed by atoms with Gasteiger partial charge in [-0.15, -0.1) is 5.10 Å². The highest BCUT2D eigenvalue weighted by Crippen LogP contribution is 2.26. The Morgan fingerprint density at radius 3 is 2.88 bits per heavy atom. The molecule has 4 aromatic rings. The van der Waals surface area contributed by atoms with Gasteiger partial charge in [0, 0.05) is 29.8 Å². The first-order valence-electron chi connectivity index (χ1n) is 7.58. The van der Waals surface area contributed by atoms with Gasteiger partial charge in [-0.3, -0.25) is 10.1 Å². The van der Waals surface area contributed by atoms with Crippen molar-refractivity contribution in [1.29, 1.82) is 0 Å². The summed E-state index contributed by atoms with van der Waals surface area (Å²) in [7, 11) is 0. The lowest BCUT2D eigenvalue weighted by Gasteiger charge is -1.97. The molecule has 0 fully saturated rings. The highest BCUT2D eigenvalue weighted by atomic mass is 16.6. The lowest BCUT2D eigenvalue weighted by molar-refractivity contribution is -0.384.